The molecule has 1 N–H and O–H groups in total. The second kappa shape index (κ2) is 10.9. The number of carbonyl (C=O) groups is 1. The topological polar surface area (TPSA) is 84.1 Å². The fourth-order valence-corrected chi connectivity index (χ4v) is 3.80. The molecule has 0 saturated carbocycles. The van der Waals surface area contributed by atoms with Crippen LogP contribution in [0.4, 0.5) is 4.39 Å². The molecular formula is C26H26FN5O2. The number of benzene rings is 1. The molecule has 1 aromatic carbocycles. The zero-order valence-electron chi connectivity index (χ0n) is 18.9. The van der Waals surface area contributed by atoms with Crippen molar-refractivity contribution in [3.05, 3.63) is 102 Å². The summed E-state index contributed by atoms with van der Waals surface area (Å²) in [6.45, 7) is 1.35. The molecule has 7 nitrogen and oxygen atoms in total. The first-order valence-electron chi connectivity index (χ1n) is 11.0. The average Bonchev–Trinajstić information content (AvgIpc) is 3.26. The minimum absolute atomic E-state index is 0.265. The standard InChI is InChI=1S/C26H26FN5O2/c1-31(16-22-4-2-3-11-28-22)17-23-15-30-26(24-14-20(9-12-29-24)25(34)18-33)32(23)13-10-19-5-7-21(27)8-6-19/h2-9,11-12,14-15,33H,10,13,16-18H2,1H3. The van der Waals surface area contributed by atoms with Crippen LogP contribution in [0.5, 0.6) is 0 Å². The molecule has 4 aromatic rings. The number of aliphatic hydroxyl groups is 1. The molecule has 0 atom stereocenters. The van der Waals surface area contributed by atoms with Crippen LogP contribution in [0.15, 0.2) is 73.2 Å². The Hall–Kier alpha value is -3.75. The Labute approximate surface area is 197 Å². The molecule has 34 heavy (non-hydrogen) atoms. The number of imidazole rings is 1. The highest BCUT2D eigenvalue weighted by atomic mass is 19.1. The average molecular weight is 460 g/mol. The number of ketones is 1. The first-order chi connectivity index (χ1) is 16.5. The molecule has 8 heteroatoms. The van der Waals surface area contributed by atoms with Crippen molar-refractivity contribution in [1.29, 1.82) is 0 Å². The van der Waals surface area contributed by atoms with E-state index < -0.39 is 6.61 Å². The van der Waals surface area contributed by atoms with Gasteiger partial charge in [0.1, 0.15) is 18.1 Å². The van der Waals surface area contributed by atoms with Gasteiger partial charge in [0.05, 0.1) is 17.6 Å². The fourth-order valence-electron chi connectivity index (χ4n) is 3.80. The van der Waals surface area contributed by atoms with E-state index in [1.807, 2.05) is 31.4 Å². The summed E-state index contributed by atoms with van der Waals surface area (Å²) in [5, 5.41) is 9.23. The van der Waals surface area contributed by atoms with Crippen LogP contribution >= 0.6 is 0 Å². The largest absolute Gasteiger partial charge is 0.388 e. The maximum Gasteiger partial charge on any atom is 0.188 e. The number of Topliss-reactive ketones (excluding diaryl/α,β-unsaturated/α-hetero) is 1. The van der Waals surface area contributed by atoms with Gasteiger partial charge in [0, 0.05) is 37.6 Å². The lowest BCUT2D eigenvalue weighted by molar-refractivity contribution is 0.0903. The lowest BCUT2D eigenvalue weighted by Gasteiger charge is -2.18. The van der Waals surface area contributed by atoms with Crippen LogP contribution in [0.2, 0.25) is 0 Å². The molecule has 0 amide bonds. The Balaban J connectivity index is 1.62. The van der Waals surface area contributed by atoms with Gasteiger partial charge in [-0.2, -0.15) is 0 Å². The molecule has 3 heterocycles. The minimum atomic E-state index is -0.563. The van der Waals surface area contributed by atoms with E-state index in [0.29, 0.717) is 43.1 Å². The van der Waals surface area contributed by atoms with E-state index in [2.05, 4.69) is 24.4 Å². The Morgan fingerprint density at radius 2 is 1.85 bits per heavy atom. The molecule has 0 spiro atoms. The number of aliphatic hydroxyl groups excluding tert-OH is 1. The highest BCUT2D eigenvalue weighted by Crippen LogP contribution is 2.21. The van der Waals surface area contributed by atoms with Crippen molar-refractivity contribution in [1.82, 2.24) is 24.4 Å². The van der Waals surface area contributed by atoms with E-state index in [1.165, 1.54) is 12.1 Å². The first kappa shape index (κ1) is 23.4. The minimum Gasteiger partial charge on any atom is -0.388 e. The molecule has 0 radical (unpaired) electrons. The predicted molar refractivity (Wildman–Crippen MR) is 126 cm³/mol. The highest BCUT2D eigenvalue weighted by molar-refractivity contribution is 5.97. The van der Waals surface area contributed by atoms with E-state index >= 15 is 0 Å². The summed E-state index contributed by atoms with van der Waals surface area (Å²) >= 11 is 0. The van der Waals surface area contributed by atoms with Gasteiger partial charge in [0.25, 0.3) is 0 Å². The van der Waals surface area contributed by atoms with Crippen LogP contribution in [0.25, 0.3) is 11.5 Å². The molecule has 3 aromatic heterocycles. The molecule has 0 aliphatic carbocycles. The maximum atomic E-state index is 13.3. The van der Waals surface area contributed by atoms with Crippen LogP contribution < -0.4 is 0 Å². The number of nitrogens with zero attached hydrogens (tertiary/aromatic N) is 5. The maximum absolute atomic E-state index is 13.3. The Kier molecular flexibility index (Phi) is 7.51. The Bertz CT molecular complexity index is 1240. The molecule has 174 valence electrons. The molecular weight excluding hydrogens is 433 g/mol. The number of rotatable bonds is 10. The third-order valence-electron chi connectivity index (χ3n) is 5.52. The molecule has 0 aliphatic rings. The number of aromatic nitrogens is 4. The van der Waals surface area contributed by atoms with E-state index in [1.54, 1.807) is 36.7 Å². The van der Waals surface area contributed by atoms with Gasteiger partial charge in [-0.25, -0.2) is 9.37 Å². The van der Waals surface area contributed by atoms with Crippen molar-refractivity contribution >= 4 is 5.78 Å². The number of hydrogen-bond donors (Lipinski definition) is 1. The third-order valence-corrected chi connectivity index (χ3v) is 5.52. The zero-order chi connectivity index (χ0) is 23.9. The van der Waals surface area contributed by atoms with Crippen LogP contribution in [0, 0.1) is 5.82 Å². The zero-order valence-corrected chi connectivity index (χ0v) is 18.9. The number of aryl methyl sites for hydroxylation is 1. The van der Waals surface area contributed by atoms with Crippen molar-refractivity contribution in [2.24, 2.45) is 0 Å². The molecule has 0 fully saturated rings. The van der Waals surface area contributed by atoms with Gasteiger partial charge in [-0.05, 0) is 55.4 Å². The molecule has 0 aliphatic heterocycles. The van der Waals surface area contributed by atoms with Crippen molar-refractivity contribution in [3.63, 3.8) is 0 Å². The molecule has 0 bridgehead atoms. The van der Waals surface area contributed by atoms with Crippen molar-refractivity contribution in [3.8, 4) is 11.5 Å². The summed E-state index contributed by atoms with van der Waals surface area (Å²) in [5.41, 5.74) is 3.90. The second-order valence-electron chi connectivity index (χ2n) is 8.11. The number of pyridine rings is 2. The fraction of sp³-hybridized carbons (Fsp3) is 0.231. The van der Waals surface area contributed by atoms with Gasteiger partial charge in [0.2, 0.25) is 0 Å². The van der Waals surface area contributed by atoms with Gasteiger partial charge >= 0.3 is 0 Å². The molecule has 0 unspecified atom stereocenters. The Morgan fingerprint density at radius 1 is 1.03 bits per heavy atom. The van der Waals surface area contributed by atoms with Gasteiger partial charge in [-0.15, -0.1) is 0 Å². The Morgan fingerprint density at radius 3 is 2.59 bits per heavy atom. The van der Waals surface area contributed by atoms with Gasteiger partial charge < -0.3 is 9.67 Å². The molecule has 4 rings (SSSR count). The van der Waals surface area contributed by atoms with Crippen molar-refractivity contribution < 1.29 is 14.3 Å². The number of carbonyl (C=O) groups excluding carboxylic acids is 1. The monoisotopic (exact) mass is 459 g/mol. The smallest absolute Gasteiger partial charge is 0.188 e. The van der Waals surface area contributed by atoms with Crippen molar-refractivity contribution in [2.45, 2.75) is 26.1 Å². The number of hydrogen-bond acceptors (Lipinski definition) is 6. The van der Waals surface area contributed by atoms with Crippen LogP contribution in [-0.4, -0.2) is 49.0 Å². The van der Waals surface area contributed by atoms with Crippen LogP contribution in [0.1, 0.15) is 27.3 Å². The predicted octanol–water partition coefficient (Wildman–Crippen LogP) is 3.53. The summed E-state index contributed by atoms with van der Waals surface area (Å²) in [5.74, 6) is -0.00204. The SMILES string of the molecule is CN(Cc1ccccn1)Cc1cnc(-c2cc(C(=O)CO)ccn2)n1CCc1ccc(F)cc1. The lowest BCUT2D eigenvalue weighted by atomic mass is 10.1. The second-order valence-corrected chi connectivity index (χ2v) is 8.11. The summed E-state index contributed by atoms with van der Waals surface area (Å²) in [6.07, 6.45) is 5.82. The van der Waals surface area contributed by atoms with E-state index in [4.69, 9.17) is 0 Å². The first-order valence-corrected chi connectivity index (χ1v) is 11.0. The van der Waals surface area contributed by atoms with E-state index in [-0.39, 0.29) is 11.6 Å². The third kappa shape index (κ3) is 5.78. The van der Waals surface area contributed by atoms with Crippen LogP contribution in [0.3, 0.4) is 0 Å². The molecule has 0 saturated heterocycles. The van der Waals surface area contributed by atoms with E-state index in [9.17, 15) is 14.3 Å². The van der Waals surface area contributed by atoms with Crippen molar-refractivity contribution in [2.75, 3.05) is 13.7 Å². The number of halogens is 1. The van der Waals surface area contributed by atoms with Crippen LogP contribution in [-0.2, 0) is 26.1 Å². The summed E-state index contributed by atoms with van der Waals surface area (Å²) in [6, 6.07) is 15.5. The summed E-state index contributed by atoms with van der Waals surface area (Å²) < 4.78 is 15.4. The van der Waals surface area contributed by atoms with Gasteiger partial charge in [-0.1, -0.05) is 18.2 Å². The summed E-state index contributed by atoms with van der Waals surface area (Å²) in [7, 11) is 2.02. The van der Waals surface area contributed by atoms with E-state index in [0.717, 1.165) is 17.0 Å². The lowest BCUT2D eigenvalue weighted by Crippen LogP contribution is -2.20. The summed E-state index contributed by atoms with van der Waals surface area (Å²) in [4.78, 5) is 27.6. The quantitative estimate of drug-likeness (QED) is 0.365. The van der Waals surface area contributed by atoms with Gasteiger partial charge in [-0.3, -0.25) is 19.7 Å². The van der Waals surface area contributed by atoms with Gasteiger partial charge in [0.15, 0.2) is 11.6 Å². The normalized spacial score (nSPS) is 11.2. The highest BCUT2D eigenvalue weighted by Gasteiger charge is 2.16.